The number of methoxy groups -OCH3 is 1. The zero-order chi connectivity index (χ0) is 26.8. The van der Waals surface area contributed by atoms with Crippen molar-refractivity contribution < 1.29 is 28.9 Å². The Morgan fingerprint density at radius 2 is 1.57 bits per heavy atom. The smallest absolute Gasteiger partial charge is 0.341 e. The molecule has 0 aromatic heterocycles. The summed E-state index contributed by atoms with van der Waals surface area (Å²) >= 11 is 0. The molecule has 0 amide bonds. The van der Waals surface area contributed by atoms with Crippen LogP contribution in [-0.2, 0) is 14.3 Å². The number of carbonyl (C=O) groups excluding carboxylic acids is 2. The van der Waals surface area contributed by atoms with Crippen LogP contribution < -0.4 is 9.47 Å². The molecule has 198 valence electrons. The Labute approximate surface area is 219 Å². The lowest BCUT2D eigenvalue weighted by atomic mass is 9.76. The highest BCUT2D eigenvalue weighted by atomic mass is 16.5. The zero-order valence-corrected chi connectivity index (χ0v) is 22.0. The molecule has 1 aliphatic carbocycles. The first kappa shape index (κ1) is 28.4. The Morgan fingerprint density at radius 3 is 2.19 bits per heavy atom. The number of ether oxygens (including phenoxy) is 3. The van der Waals surface area contributed by atoms with Crippen molar-refractivity contribution in [3.63, 3.8) is 0 Å². The van der Waals surface area contributed by atoms with Crippen LogP contribution in [0.1, 0.15) is 63.4 Å². The third kappa shape index (κ3) is 7.88. The third-order valence-electron chi connectivity index (χ3n) is 6.95. The molecule has 0 heterocycles. The molecule has 37 heavy (non-hydrogen) atoms. The van der Waals surface area contributed by atoms with E-state index in [0.717, 1.165) is 35.4 Å². The molecule has 0 spiro atoms. The molecule has 3 rings (SSSR count). The van der Waals surface area contributed by atoms with E-state index < -0.39 is 18.5 Å². The second-order valence-electron chi connectivity index (χ2n) is 9.71. The second-order valence-corrected chi connectivity index (χ2v) is 9.71. The van der Waals surface area contributed by atoms with E-state index >= 15 is 0 Å². The van der Waals surface area contributed by atoms with Gasteiger partial charge in [-0.05, 0) is 78.5 Å². The van der Waals surface area contributed by atoms with Crippen LogP contribution >= 0.6 is 0 Å². The summed E-state index contributed by atoms with van der Waals surface area (Å²) in [6, 6.07) is 13.0. The van der Waals surface area contributed by atoms with E-state index in [0.29, 0.717) is 17.4 Å². The van der Waals surface area contributed by atoms with E-state index in [1.54, 1.807) is 12.1 Å². The van der Waals surface area contributed by atoms with Gasteiger partial charge in [-0.2, -0.15) is 0 Å². The molecule has 2 aromatic carbocycles. The van der Waals surface area contributed by atoms with Crippen molar-refractivity contribution in [2.75, 3.05) is 20.3 Å². The Balaban J connectivity index is 1.83. The second kappa shape index (κ2) is 13.9. The van der Waals surface area contributed by atoms with Crippen LogP contribution in [0.3, 0.4) is 0 Å². The van der Waals surface area contributed by atoms with E-state index in [4.69, 9.17) is 19.3 Å². The summed E-state index contributed by atoms with van der Waals surface area (Å²) in [5, 5.41) is 9.05. The quantitative estimate of drug-likeness (QED) is 0.204. The predicted octanol–water partition coefficient (Wildman–Crippen LogP) is 6.38. The van der Waals surface area contributed by atoms with Gasteiger partial charge in [-0.15, -0.1) is 0 Å². The Kier molecular flexibility index (Phi) is 10.7. The minimum absolute atomic E-state index is 0.00329. The van der Waals surface area contributed by atoms with Gasteiger partial charge in [-0.25, -0.2) is 9.59 Å². The van der Waals surface area contributed by atoms with Crippen molar-refractivity contribution in [1.82, 2.24) is 0 Å². The van der Waals surface area contributed by atoms with Crippen molar-refractivity contribution in [3.8, 4) is 22.6 Å². The Morgan fingerprint density at radius 1 is 0.919 bits per heavy atom. The molecule has 0 bridgehead atoms. The van der Waals surface area contributed by atoms with Gasteiger partial charge in [0.15, 0.2) is 0 Å². The maximum Gasteiger partial charge on any atom is 0.341 e. The van der Waals surface area contributed by atoms with Gasteiger partial charge in [0.05, 0.1) is 24.4 Å². The highest BCUT2D eigenvalue weighted by Crippen LogP contribution is 2.42. The maximum absolute atomic E-state index is 12.6. The van der Waals surface area contributed by atoms with Crippen LogP contribution in [0.15, 0.2) is 66.8 Å². The molecule has 1 fully saturated rings. The number of benzene rings is 2. The van der Waals surface area contributed by atoms with E-state index in [1.165, 1.54) is 39.2 Å². The predicted molar refractivity (Wildman–Crippen MR) is 145 cm³/mol. The number of rotatable bonds is 12. The van der Waals surface area contributed by atoms with Crippen molar-refractivity contribution in [3.05, 3.63) is 72.3 Å². The number of hydrogen-bond donors (Lipinski definition) is 1. The molecular formula is C31H38O6. The molecule has 1 N–H and O–H groups in total. The van der Waals surface area contributed by atoms with E-state index in [9.17, 15) is 9.59 Å². The Bertz CT molecular complexity index is 1090. The lowest BCUT2D eigenvalue weighted by Crippen LogP contribution is -2.17. The van der Waals surface area contributed by atoms with Crippen molar-refractivity contribution in [1.29, 1.82) is 0 Å². The molecule has 0 saturated heterocycles. The van der Waals surface area contributed by atoms with Crippen LogP contribution in [0.25, 0.3) is 11.1 Å². The number of carbonyl (C=O) groups is 2. The first-order valence-corrected chi connectivity index (χ1v) is 13.0. The standard InChI is InChI=1S/C31H38O6/c1-5-6-7-23-8-10-25(11-9-23)28-18-26(14-17-29(28)37-31(34)22(3)20-35-4)24-12-15-27(16-13-24)36-30(33)21(2)19-32/h12-18,23,25,32H,2-3,5-11,19-20H2,1,4H3. The monoisotopic (exact) mass is 506 g/mol. The fourth-order valence-corrected chi connectivity index (χ4v) is 4.76. The van der Waals surface area contributed by atoms with Gasteiger partial charge in [-0.3, -0.25) is 0 Å². The van der Waals surface area contributed by atoms with Crippen LogP contribution in [0.2, 0.25) is 0 Å². The average molecular weight is 507 g/mol. The summed E-state index contributed by atoms with van der Waals surface area (Å²) in [4.78, 5) is 24.5. The lowest BCUT2D eigenvalue weighted by molar-refractivity contribution is -0.131. The zero-order valence-electron chi connectivity index (χ0n) is 22.0. The summed E-state index contributed by atoms with van der Waals surface area (Å²) < 4.78 is 16.1. The highest BCUT2D eigenvalue weighted by Gasteiger charge is 2.26. The number of unbranched alkanes of at least 4 members (excludes halogenated alkanes) is 1. The van der Waals surface area contributed by atoms with Crippen molar-refractivity contribution >= 4 is 11.9 Å². The molecule has 2 aromatic rings. The molecule has 6 nitrogen and oxygen atoms in total. The summed E-state index contributed by atoms with van der Waals surface area (Å²) in [5.74, 6) is 0.869. The van der Waals surface area contributed by atoms with E-state index in [1.807, 2.05) is 24.3 Å². The van der Waals surface area contributed by atoms with Gasteiger partial charge in [0.1, 0.15) is 11.5 Å². The fraction of sp³-hybridized carbons (Fsp3) is 0.419. The van der Waals surface area contributed by atoms with Crippen molar-refractivity contribution in [2.45, 2.75) is 57.8 Å². The molecule has 0 aliphatic heterocycles. The minimum atomic E-state index is -0.659. The molecule has 0 unspecified atom stereocenters. The fourth-order valence-electron chi connectivity index (χ4n) is 4.76. The summed E-state index contributed by atoms with van der Waals surface area (Å²) in [5.41, 5.74) is 3.22. The molecule has 0 atom stereocenters. The SMILES string of the molecule is C=C(CO)C(=O)Oc1ccc(-c2ccc(OC(=O)C(=C)COC)c(C3CCC(CCCC)CC3)c2)cc1. The number of esters is 2. The number of aliphatic hydroxyl groups is 1. The molecule has 6 heteroatoms. The molecular weight excluding hydrogens is 468 g/mol. The maximum atomic E-state index is 12.6. The third-order valence-corrected chi connectivity index (χ3v) is 6.95. The first-order valence-electron chi connectivity index (χ1n) is 13.0. The van der Waals surface area contributed by atoms with Crippen LogP contribution in [0.5, 0.6) is 11.5 Å². The number of hydrogen-bond acceptors (Lipinski definition) is 6. The summed E-state index contributed by atoms with van der Waals surface area (Å²) in [7, 11) is 1.52. The summed E-state index contributed by atoms with van der Waals surface area (Å²) in [6.07, 6.45) is 8.26. The summed E-state index contributed by atoms with van der Waals surface area (Å²) in [6.45, 7) is 9.17. The van der Waals surface area contributed by atoms with E-state index in [2.05, 4.69) is 26.1 Å². The van der Waals surface area contributed by atoms with Gasteiger partial charge >= 0.3 is 11.9 Å². The van der Waals surface area contributed by atoms with Crippen LogP contribution in [-0.4, -0.2) is 37.4 Å². The normalized spacial score (nSPS) is 17.2. The van der Waals surface area contributed by atoms with E-state index in [-0.39, 0.29) is 17.8 Å². The molecule has 0 radical (unpaired) electrons. The number of aliphatic hydroxyl groups excluding tert-OH is 1. The largest absolute Gasteiger partial charge is 0.423 e. The first-order chi connectivity index (χ1) is 17.9. The minimum Gasteiger partial charge on any atom is -0.423 e. The highest BCUT2D eigenvalue weighted by molar-refractivity contribution is 5.90. The molecule has 1 aliphatic rings. The van der Waals surface area contributed by atoms with Gasteiger partial charge in [0.2, 0.25) is 0 Å². The van der Waals surface area contributed by atoms with Crippen molar-refractivity contribution in [2.24, 2.45) is 5.92 Å². The van der Waals surface area contributed by atoms with Crippen LogP contribution in [0, 0.1) is 5.92 Å². The van der Waals surface area contributed by atoms with Gasteiger partial charge in [0, 0.05) is 7.11 Å². The Hall–Kier alpha value is -3.22. The van der Waals surface area contributed by atoms with Gasteiger partial charge in [0.25, 0.3) is 0 Å². The van der Waals surface area contributed by atoms with Crippen LogP contribution in [0.4, 0.5) is 0 Å². The topological polar surface area (TPSA) is 82.1 Å². The molecule has 1 saturated carbocycles. The lowest BCUT2D eigenvalue weighted by Gasteiger charge is -2.30. The van der Waals surface area contributed by atoms with Gasteiger partial charge in [-0.1, -0.05) is 57.5 Å². The van der Waals surface area contributed by atoms with Gasteiger partial charge < -0.3 is 19.3 Å². The average Bonchev–Trinajstić information content (AvgIpc) is 2.92.